The number of carbonyl (C=O) groups excluding carboxylic acids is 2. The van der Waals surface area contributed by atoms with Crippen LogP contribution in [0.2, 0.25) is 0 Å². The van der Waals surface area contributed by atoms with Crippen molar-refractivity contribution in [2.24, 2.45) is 0 Å². The number of rotatable bonds is 7. The summed E-state index contributed by atoms with van der Waals surface area (Å²) in [6.07, 6.45) is 4.53. The number of piperazine rings is 1. The molecule has 5 rings (SSSR count). The fraction of sp³-hybridized carbons (Fsp3) is 0.200. The minimum Gasteiger partial charge on any atom is -0.484 e. The van der Waals surface area contributed by atoms with Crippen LogP contribution in [0.4, 0.5) is 5.82 Å². The van der Waals surface area contributed by atoms with Crippen LogP contribution >= 0.6 is 0 Å². The Bertz CT molecular complexity index is 1290. The largest absolute Gasteiger partial charge is 0.484 e. The summed E-state index contributed by atoms with van der Waals surface area (Å²) in [7, 11) is 0. The highest BCUT2D eigenvalue weighted by atomic mass is 16.5. The molecule has 1 saturated heterocycles. The van der Waals surface area contributed by atoms with Gasteiger partial charge >= 0.3 is 0 Å². The van der Waals surface area contributed by atoms with Gasteiger partial charge in [0.25, 0.3) is 5.91 Å². The normalized spacial score (nSPS) is 13.5. The molecule has 0 bridgehead atoms. The summed E-state index contributed by atoms with van der Waals surface area (Å²) >= 11 is 0. The maximum absolute atomic E-state index is 12.7. The maximum Gasteiger partial charge on any atom is 0.260 e. The second-order valence-corrected chi connectivity index (χ2v) is 7.95. The number of hydrogen-bond donors (Lipinski definition) is 0. The Hall–Kier alpha value is -4.60. The lowest BCUT2D eigenvalue weighted by Gasteiger charge is -2.35. The lowest BCUT2D eigenvalue weighted by Crippen LogP contribution is -2.50. The number of amides is 1. The Morgan fingerprint density at radius 3 is 2.26 bits per heavy atom. The van der Waals surface area contributed by atoms with Gasteiger partial charge in [-0.2, -0.15) is 5.10 Å². The first kappa shape index (κ1) is 22.2. The molecule has 10 nitrogen and oxygen atoms in total. The van der Waals surface area contributed by atoms with Crippen molar-refractivity contribution in [1.29, 1.82) is 0 Å². The minimum atomic E-state index is -0.0833. The first-order valence-electron chi connectivity index (χ1n) is 11.2. The summed E-state index contributed by atoms with van der Waals surface area (Å²) in [6.45, 7) is 2.37. The first-order valence-corrected chi connectivity index (χ1v) is 11.2. The van der Waals surface area contributed by atoms with Crippen molar-refractivity contribution in [2.75, 3.05) is 37.7 Å². The predicted octanol–water partition coefficient (Wildman–Crippen LogP) is 2.02. The van der Waals surface area contributed by atoms with Gasteiger partial charge in [-0.05, 0) is 24.3 Å². The summed E-state index contributed by atoms with van der Waals surface area (Å²) in [5, 5.41) is 4.09. The highest BCUT2D eigenvalue weighted by Crippen LogP contribution is 2.17. The smallest absolute Gasteiger partial charge is 0.260 e. The van der Waals surface area contributed by atoms with Crippen LogP contribution in [0.3, 0.4) is 0 Å². The van der Waals surface area contributed by atoms with Gasteiger partial charge in [0.15, 0.2) is 18.2 Å². The zero-order valence-electron chi connectivity index (χ0n) is 18.9. The second-order valence-electron chi connectivity index (χ2n) is 7.95. The van der Waals surface area contributed by atoms with Crippen molar-refractivity contribution < 1.29 is 14.3 Å². The van der Waals surface area contributed by atoms with E-state index in [1.54, 1.807) is 52.3 Å². The molecule has 0 saturated carbocycles. The summed E-state index contributed by atoms with van der Waals surface area (Å²) in [6, 6.07) is 17.8. The molecule has 0 aliphatic carbocycles. The summed E-state index contributed by atoms with van der Waals surface area (Å²) in [5.41, 5.74) is 1.20. The van der Waals surface area contributed by atoms with Crippen LogP contribution in [0.25, 0.3) is 5.82 Å². The lowest BCUT2D eigenvalue weighted by atomic mass is 10.0. The summed E-state index contributed by atoms with van der Waals surface area (Å²) in [4.78, 5) is 41.6. The van der Waals surface area contributed by atoms with E-state index >= 15 is 0 Å². The van der Waals surface area contributed by atoms with E-state index in [9.17, 15) is 9.59 Å². The Labute approximate surface area is 201 Å². The highest BCUT2D eigenvalue weighted by molar-refractivity contribution is 6.09. The van der Waals surface area contributed by atoms with E-state index in [4.69, 9.17) is 4.74 Å². The molecule has 0 N–H and O–H groups in total. The number of hydrogen-bond acceptors (Lipinski definition) is 8. The van der Waals surface area contributed by atoms with Crippen LogP contribution in [-0.4, -0.2) is 74.1 Å². The molecule has 1 aliphatic heterocycles. The average Bonchev–Trinajstić information content (AvgIpc) is 3.48. The number of benzene rings is 2. The van der Waals surface area contributed by atoms with Crippen molar-refractivity contribution in [1.82, 2.24) is 29.6 Å². The highest BCUT2D eigenvalue weighted by Gasteiger charge is 2.22. The minimum absolute atomic E-state index is 0.0526. The van der Waals surface area contributed by atoms with Gasteiger partial charge in [-0.1, -0.05) is 30.3 Å². The van der Waals surface area contributed by atoms with Crippen LogP contribution in [0.5, 0.6) is 5.75 Å². The van der Waals surface area contributed by atoms with Crippen LogP contribution in [0, 0.1) is 0 Å². The number of nitrogens with zero attached hydrogens (tertiary/aromatic N) is 7. The van der Waals surface area contributed by atoms with E-state index in [-0.39, 0.29) is 18.3 Å². The molecule has 0 radical (unpaired) electrons. The summed E-state index contributed by atoms with van der Waals surface area (Å²) < 4.78 is 7.25. The van der Waals surface area contributed by atoms with E-state index < -0.39 is 0 Å². The zero-order chi connectivity index (χ0) is 24.0. The third kappa shape index (κ3) is 5.16. The van der Waals surface area contributed by atoms with Crippen molar-refractivity contribution >= 4 is 17.5 Å². The van der Waals surface area contributed by atoms with Crippen molar-refractivity contribution in [3.8, 4) is 11.6 Å². The number of aromatic nitrogens is 5. The van der Waals surface area contributed by atoms with Gasteiger partial charge in [0, 0.05) is 43.4 Å². The molecule has 1 fully saturated rings. The van der Waals surface area contributed by atoms with E-state index in [1.807, 2.05) is 24.3 Å². The first-order chi connectivity index (χ1) is 17.2. The molecular formula is C25H23N7O3. The number of ether oxygens (including phenoxy) is 1. The lowest BCUT2D eigenvalue weighted by molar-refractivity contribution is -0.133. The monoisotopic (exact) mass is 469 g/mol. The van der Waals surface area contributed by atoms with Gasteiger partial charge < -0.3 is 14.5 Å². The molecule has 0 unspecified atom stereocenters. The van der Waals surface area contributed by atoms with Crippen LogP contribution < -0.4 is 9.64 Å². The second kappa shape index (κ2) is 10.1. The van der Waals surface area contributed by atoms with E-state index in [1.165, 1.54) is 12.7 Å². The third-order valence-electron chi connectivity index (χ3n) is 5.76. The summed E-state index contributed by atoms with van der Waals surface area (Å²) in [5.74, 6) is 1.82. The molecule has 1 aliphatic rings. The van der Waals surface area contributed by atoms with Gasteiger partial charge in [0.1, 0.15) is 30.5 Å². The molecule has 1 amide bonds. The molecule has 2 aromatic heterocycles. The van der Waals surface area contributed by atoms with E-state index in [0.29, 0.717) is 48.9 Å². The Kier molecular flexibility index (Phi) is 6.42. The van der Waals surface area contributed by atoms with Gasteiger partial charge in [-0.3, -0.25) is 9.59 Å². The van der Waals surface area contributed by atoms with Gasteiger partial charge in [-0.25, -0.2) is 19.6 Å². The fourth-order valence-corrected chi connectivity index (χ4v) is 3.84. The van der Waals surface area contributed by atoms with Crippen LogP contribution in [0.1, 0.15) is 15.9 Å². The third-order valence-corrected chi connectivity index (χ3v) is 5.76. The number of carbonyl (C=O) groups is 2. The van der Waals surface area contributed by atoms with E-state index in [2.05, 4.69) is 25.0 Å². The number of ketones is 1. The molecule has 4 aromatic rings. The zero-order valence-corrected chi connectivity index (χ0v) is 18.9. The van der Waals surface area contributed by atoms with Gasteiger partial charge in [0.05, 0.1) is 0 Å². The SMILES string of the molecule is O=C(c1ccccc1)c1ccc(OCC(=O)N2CCN(c3cc(-n4cncn4)ncn3)CC2)cc1. The fourth-order valence-electron chi connectivity index (χ4n) is 3.84. The van der Waals surface area contributed by atoms with Gasteiger partial charge in [-0.15, -0.1) is 0 Å². The van der Waals surface area contributed by atoms with Crippen molar-refractivity contribution in [3.05, 3.63) is 90.8 Å². The van der Waals surface area contributed by atoms with Crippen LogP contribution in [-0.2, 0) is 4.79 Å². The van der Waals surface area contributed by atoms with Gasteiger partial charge in [0.2, 0.25) is 0 Å². The standard InChI is InChI=1S/C25H23N7O3/c33-24(15-35-21-8-6-20(7-9-21)25(34)19-4-2-1-3-5-19)31-12-10-30(11-13-31)22-14-23(28-17-27-22)32-18-26-16-29-32/h1-9,14,16-18H,10-13,15H2. The van der Waals surface area contributed by atoms with Crippen molar-refractivity contribution in [3.63, 3.8) is 0 Å². The van der Waals surface area contributed by atoms with E-state index in [0.717, 1.165) is 5.82 Å². The molecule has 10 heteroatoms. The maximum atomic E-state index is 12.7. The molecular weight excluding hydrogens is 446 g/mol. The topological polar surface area (TPSA) is 106 Å². The average molecular weight is 470 g/mol. The molecule has 0 spiro atoms. The molecule has 176 valence electrons. The predicted molar refractivity (Wildman–Crippen MR) is 128 cm³/mol. The molecule has 2 aromatic carbocycles. The Morgan fingerprint density at radius 1 is 0.829 bits per heavy atom. The molecule has 35 heavy (non-hydrogen) atoms. The van der Waals surface area contributed by atoms with Crippen molar-refractivity contribution in [2.45, 2.75) is 0 Å². The quantitative estimate of drug-likeness (QED) is 0.379. The number of anilines is 1. The Balaban J connectivity index is 1.12. The molecule has 0 atom stereocenters. The molecule has 3 heterocycles. The van der Waals surface area contributed by atoms with Crippen LogP contribution in [0.15, 0.2) is 79.6 Å². The Morgan fingerprint density at radius 2 is 1.54 bits per heavy atom.